The summed E-state index contributed by atoms with van der Waals surface area (Å²) in [6.45, 7) is 4.38. The zero-order valence-corrected chi connectivity index (χ0v) is 13.8. The van der Waals surface area contributed by atoms with Gasteiger partial charge in [0.1, 0.15) is 9.84 Å². The maximum atomic E-state index is 11.6. The van der Waals surface area contributed by atoms with E-state index in [0.717, 1.165) is 32.5 Å². The summed E-state index contributed by atoms with van der Waals surface area (Å²) < 4.78 is 23.2. The molecule has 0 atom stereocenters. The first-order valence-electron chi connectivity index (χ1n) is 8.23. The van der Waals surface area contributed by atoms with Gasteiger partial charge in [0, 0.05) is 11.8 Å². The van der Waals surface area contributed by atoms with Crippen molar-refractivity contribution in [3.63, 3.8) is 0 Å². The summed E-state index contributed by atoms with van der Waals surface area (Å²) in [5, 5.41) is 0. The molecule has 1 fully saturated rings. The summed E-state index contributed by atoms with van der Waals surface area (Å²) in [4.78, 5) is 2.50. The van der Waals surface area contributed by atoms with Crippen LogP contribution in [0.25, 0.3) is 0 Å². The molecule has 1 aliphatic rings. The van der Waals surface area contributed by atoms with Crippen molar-refractivity contribution in [2.75, 3.05) is 31.1 Å². The van der Waals surface area contributed by atoms with E-state index in [1.54, 1.807) is 6.92 Å². The van der Waals surface area contributed by atoms with Gasteiger partial charge in [-0.3, -0.25) is 0 Å². The fourth-order valence-corrected chi connectivity index (χ4v) is 3.88. The second kappa shape index (κ2) is 9.74. The molecule has 2 N–H and O–H groups in total. The maximum Gasteiger partial charge on any atom is 0.150 e. The van der Waals surface area contributed by atoms with Crippen molar-refractivity contribution < 1.29 is 8.42 Å². The van der Waals surface area contributed by atoms with E-state index in [1.807, 2.05) is 0 Å². The third-order valence-electron chi connectivity index (χ3n) is 4.33. The number of nitrogens with two attached hydrogens (primary N) is 1. The molecule has 0 heterocycles. The number of hydrogen-bond donors (Lipinski definition) is 1. The molecular formula is C15H32N2O2S. The van der Waals surface area contributed by atoms with E-state index in [0.29, 0.717) is 11.8 Å². The van der Waals surface area contributed by atoms with E-state index >= 15 is 0 Å². The van der Waals surface area contributed by atoms with Crippen molar-refractivity contribution in [1.29, 1.82) is 0 Å². The molecule has 4 nitrogen and oxygen atoms in total. The van der Waals surface area contributed by atoms with Gasteiger partial charge < -0.3 is 10.6 Å². The monoisotopic (exact) mass is 304 g/mol. The lowest BCUT2D eigenvalue weighted by atomic mass is 10.1. The van der Waals surface area contributed by atoms with Gasteiger partial charge in [-0.2, -0.15) is 0 Å². The quantitative estimate of drug-likeness (QED) is 0.663. The van der Waals surface area contributed by atoms with Crippen LogP contribution in [-0.2, 0) is 9.84 Å². The van der Waals surface area contributed by atoms with E-state index in [1.165, 1.54) is 38.5 Å². The number of hydrogen-bond acceptors (Lipinski definition) is 4. The summed E-state index contributed by atoms with van der Waals surface area (Å²) in [6.07, 6.45) is 9.65. The van der Waals surface area contributed by atoms with Gasteiger partial charge in [0.2, 0.25) is 0 Å². The van der Waals surface area contributed by atoms with Crippen LogP contribution in [0.5, 0.6) is 0 Å². The van der Waals surface area contributed by atoms with Gasteiger partial charge in [0.05, 0.1) is 5.75 Å². The van der Waals surface area contributed by atoms with Crippen molar-refractivity contribution in [3.8, 4) is 0 Å². The second-order valence-corrected chi connectivity index (χ2v) is 8.39. The van der Waals surface area contributed by atoms with Crippen LogP contribution in [-0.4, -0.2) is 50.5 Å². The van der Waals surface area contributed by atoms with Crippen LogP contribution in [0.3, 0.4) is 0 Å². The van der Waals surface area contributed by atoms with Crippen molar-refractivity contribution in [1.82, 2.24) is 4.90 Å². The lowest BCUT2D eigenvalue weighted by molar-refractivity contribution is 0.178. The largest absolute Gasteiger partial charge is 0.330 e. The first kappa shape index (κ1) is 17.9. The zero-order valence-electron chi connectivity index (χ0n) is 13.0. The van der Waals surface area contributed by atoms with E-state index < -0.39 is 9.84 Å². The Morgan fingerprint density at radius 2 is 1.65 bits per heavy atom. The molecule has 0 unspecified atom stereocenters. The van der Waals surface area contributed by atoms with Crippen LogP contribution >= 0.6 is 0 Å². The molecule has 0 radical (unpaired) electrons. The molecule has 0 saturated heterocycles. The molecule has 20 heavy (non-hydrogen) atoms. The van der Waals surface area contributed by atoms with Gasteiger partial charge in [-0.15, -0.1) is 0 Å². The van der Waals surface area contributed by atoms with Crippen LogP contribution < -0.4 is 5.73 Å². The predicted molar refractivity (Wildman–Crippen MR) is 85.7 cm³/mol. The SMILES string of the molecule is CCS(=O)(=O)CCCN(CCCN)C1CCCCCC1. The molecule has 1 rings (SSSR count). The molecule has 0 amide bonds. The van der Waals surface area contributed by atoms with Gasteiger partial charge in [0.15, 0.2) is 0 Å². The second-order valence-electron chi connectivity index (χ2n) is 5.91. The van der Waals surface area contributed by atoms with Gasteiger partial charge in [0.25, 0.3) is 0 Å². The first-order chi connectivity index (χ1) is 9.59. The lowest BCUT2D eigenvalue weighted by Gasteiger charge is -2.31. The van der Waals surface area contributed by atoms with Crippen LogP contribution in [0, 0.1) is 0 Å². The Hall–Kier alpha value is -0.130. The van der Waals surface area contributed by atoms with E-state index in [9.17, 15) is 8.42 Å². The number of rotatable bonds is 9. The van der Waals surface area contributed by atoms with Crippen molar-refractivity contribution in [2.24, 2.45) is 5.73 Å². The maximum absolute atomic E-state index is 11.6. The van der Waals surface area contributed by atoms with Crippen molar-refractivity contribution in [3.05, 3.63) is 0 Å². The fraction of sp³-hybridized carbons (Fsp3) is 1.00. The predicted octanol–water partition coefficient (Wildman–Crippen LogP) is 2.18. The first-order valence-corrected chi connectivity index (χ1v) is 10.1. The zero-order chi connectivity index (χ0) is 14.8. The van der Waals surface area contributed by atoms with Crippen LogP contribution in [0.4, 0.5) is 0 Å². The van der Waals surface area contributed by atoms with Gasteiger partial charge in [-0.05, 0) is 45.3 Å². The third-order valence-corrected chi connectivity index (χ3v) is 6.12. The highest BCUT2D eigenvalue weighted by molar-refractivity contribution is 7.91. The minimum absolute atomic E-state index is 0.263. The molecule has 0 bridgehead atoms. The van der Waals surface area contributed by atoms with E-state index in [2.05, 4.69) is 4.90 Å². The molecule has 0 aromatic carbocycles. The highest BCUT2D eigenvalue weighted by Crippen LogP contribution is 2.22. The van der Waals surface area contributed by atoms with Crippen LogP contribution in [0.15, 0.2) is 0 Å². The average Bonchev–Trinajstić information content (AvgIpc) is 2.71. The summed E-state index contributed by atoms with van der Waals surface area (Å²) in [7, 11) is -2.82. The highest BCUT2D eigenvalue weighted by Gasteiger charge is 2.20. The smallest absolute Gasteiger partial charge is 0.150 e. The molecule has 0 spiro atoms. The fourth-order valence-electron chi connectivity index (χ4n) is 3.03. The minimum atomic E-state index is -2.82. The molecule has 120 valence electrons. The van der Waals surface area contributed by atoms with E-state index in [-0.39, 0.29) is 5.75 Å². The van der Waals surface area contributed by atoms with E-state index in [4.69, 9.17) is 5.73 Å². The molecule has 0 aliphatic heterocycles. The third kappa shape index (κ3) is 7.04. The molecule has 1 saturated carbocycles. The van der Waals surface area contributed by atoms with Gasteiger partial charge >= 0.3 is 0 Å². The van der Waals surface area contributed by atoms with Crippen molar-refractivity contribution >= 4 is 9.84 Å². The van der Waals surface area contributed by atoms with Crippen LogP contribution in [0.2, 0.25) is 0 Å². The Kier molecular flexibility index (Phi) is 8.73. The van der Waals surface area contributed by atoms with Crippen LogP contribution in [0.1, 0.15) is 58.3 Å². The van der Waals surface area contributed by atoms with Gasteiger partial charge in [-0.25, -0.2) is 8.42 Å². The topological polar surface area (TPSA) is 63.4 Å². The normalized spacial score (nSPS) is 18.4. The Bertz CT molecular complexity index is 336. The summed E-state index contributed by atoms with van der Waals surface area (Å²) >= 11 is 0. The Morgan fingerprint density at radius 1 is 1.05 bits per heavy atom. The minimum Gasteiger partial charge on any atom is -0.330 e. The van der Waals surface area contributed by atoms with Gasteiger partial charge in [-0.1, -0.05) is 32.6 Å². The summed E-state index contributed by atoms with van der Waals surface area (Å²) in [5.41, 5.74) is 5.63. The highest BCUT2D eigenvalue weighted by atomic mass is 32.2. The molecule has 5 heteroatoms. The number of nitrogens with zero attached hydrogens (tertiary/aromatic N) is 1. The van der Waals surface area contributed by atoms with Crippen molar-refractivity contribution in [2.45, 2.75) is 64.3 Å². The molecule has 1 aliphatic carbocycles. The Morgan fingerprint density at radius 3 is 2.20 bits per heavy atom. The standard InChI is InChI=1S/C15H32N2O2S/c1-2-20(18,19)14-8-13-17(12-7-11-16)15-9-5-3-4-6-10-15/h15H,2-14,16H2,1H3. The molecular weight excluding hydrogens is 272 g/mol. The lowest BCUT2D eigenvalue weighted by Crippen LogP contribution is -2.38. The Labute approximate surface area is 125 Å². The number of sulfone groups is 1. The Balaban J connectivity index is 2.45. The summed E-state index contributed by atoms with van der Waals surface area (Å²) in [6, 6.07) is 0.647. The average molecular weight is 305 g/mol. The summed E-state index contributed by atoms with van der Waals surface area (Å²) in [5.74, 6) is 0.592. The molecule has 0 aromatic heterocycles. The molecule has 0 aromatic rings.